The molecule has 1 N–H and O–H groups in total. The first kappa shape index (κ1) is 14.2. The molecule has 0 heterocycles. The molecule has 0 saturated carbocycles. The predicted molar refractivity (Wildman–Crippen MR) is 75.3 cm³/mol. The maximum absolute atomic E-state index is 5.57. The minimum atomic E-state index is 0.646. The Bertz CT molecular complexity index is 396. The molecule has 0 radical (unpaired) electrons. The van der Waals surface area contributed by atoms with Crippen molar-refractivity contribution in [3.8, 4) is 23.8 Å². The van der Waals surface area contributed by atoms with Crippen molar-refractivity contribution in [2.45, 2.75) is 26.7 Å². The van der Waals surface area contributed by atoms with E-state index in [0.29, 0.717) is 13.2 Å². The normalized spacial score (nSPS) is 9.61. The molecule has 0 unspecified atom stereocenters. The van der Waals surface area contributed by atoms with Gasteiger partial charge in [-0.05, 0) is 32.4 Å². The monoisotopic (exact) mass is 247 g/mol. The van der Waals surface area contributed by atoms with Crippen LogP contribution in [0.1, 0.15) is 26.7 Å². The topological polar surface area (TPSA) is 30.5 Å². The van der Waals surface area contributed by atoms with Gasteiger partial charge in [0.15, 0.2) is 0 Å². The van der Waals surface area contributed by atoms with Gasteiger partial charge < -0.3 is 14.8 Å². The van der Waals surface area contributed by atoms with Gasteiger partial charge in [-0.3, -0.25) is 0 Å². The van der Waals surface area contributed by atoms with Crippen LogP contribution in [0, 0.1) is 12.3 Å². The zero-order chi connectivity index (χ0) is 13.2. The van der Waals surface area contributed by atoms with Gasteiger partial charge in [0.05, 0.1) is 18.9 Å². The Morgan fingerprint density at radius 3 is 2.67 bits per heavy atom. The van der Waals surface area contributed by atoms with Crippen molar-refractivity contribution in [3.63, 3.8) is 0 Å². The van der Waals surface area contributed by atoms with Crippen LogP contribution in [-0.4, -0.2) is 19.8 Å². The fourth-order valence-electron chi connectivity index (χ4n) is 1.60. The molecule has 1 rings (SSSR count). The van der Waals surface area contributed by atoms with E-state index in [4.69, 9.17) is 15.9 Å². The molecule has 3 nitrogen and oxygen atoms in total. The Balaban J connectivity index is 2.69. The third-order valence-electron chi connectivity index (χ3n) is 2.38. The minimum Gasteiger partial charge on any atom is -0.494 e. The lowest BCUT2D eigenvalue weighted by Crippen LogP contribution is -2.04. The summed E-state index contributed by atoms with van der Waals surface area (Å²) in [5, 5.41) is 3.33. The van der Waals surface area contributed by atoms with Crippen LogP contribution in [0.5, 0.6) is 11.5 Å². The molecular weight excluding hydrogens is 226 g/mol. The van der Waals surface area contributed by atoms with Crippen LogP contribution in [0.4, 0.5) is 5.69 Å². The number of hydrogen-bond acceptors (Lipinski definition) is 3. The lowest BCUT2D eigenvalue weighted by Gasteiger charge is -2.14. The zero-order valence-electron chi connectivity index (χ0n) is 11.2. The molecule has 0 saturated heterocycles. The molecule has 0 spiro atoms. The molecule has 0 bridgehead atoms. The van der Waals surface area contributed by atoms with Crippen molar-refractivity contribution in [1.29, 1.82) is 0 Å². The molecule has 3 heteroatoms. The standard InChI is InChI=1S/C15H21NO2/c1-4-7-8-11-16-14-12-13(17-5-2)9-10-15(14)18-6-3/h1,9-10,12,16H,5-8,11H2,2-3H3. The molecule has 1 aromatic rings. The van der Waals surface area contributed by atoms with Gasteiger partial charge in [-0.25, -0.2) is 0 Å². The first-order chi connectivity index (χ1) is 8.81. The lowest BCUT2D eigenvalue weighted by atomic mass is 10.2. The molecule has 0 aliphatic rings. The number of rotatable bonds is 8. The van der Waals surface area contributed by atoms with Crippen molar-refractivity contribution in [2.24, 2.45) is 0 Å². The van der Waals surface area contributed by atoms with Gasteiger partial charge in [0.1, 0.15) is 11.5 Å². The van der Waals surface area contributed by atoms with E-state index in [0.717, 1.165) is 36.6 Å². The molecule has 0 atom stereocenters. The second kappa shape index (κ2) is 8.30. The van der Waals surface area contributed by atoms with E-state index >= 15 is 0 Å². The lowest BCUT2D eigenvalue weighted by molar-refractivity contribution is 0.332. The Hall–Kier alpha value is -1.82. The van der Waals surface area contributed by atoms with Crippen LogP contribution in [0.3, 0.4) is 0 Å². The maximum atomic E-state index is 5.57. The summed E-state index contributed by atoms with van der Waals surface area (Å²) >= 11 is 0. The van der Waals surface area contributed by atoms with Gasteiger partial charge in [0.25, 0.3) is 0 Å². The van der Waals surface area contributed by atoms with Crippen molar-refractivity contribution in [1.82, 2.24) is 0 Å². The van der Waals surface area contributed by atoms with E-state index in [2.05, 4.69) is 11.2 Å². The zero-order valence-corrected chi connectivity index (χ0v) is 11.2. The molecular formula is C15H21NO2. The first-order valence-electron chi connectivity index (χ1n) is 6.38. The maximum Gasteiger partial charge on any atom is 0.142 e. The second-order valence-corrected chi connectivity index (χ2v) is 3.76. The van der Waals surface area contributed by atoms with E-state index in [1.54, 1.807) is 0 Å². The Kier molecular flexibility index (Phi) is 6.56. The van der Waals surface area contributed by atoms with E-state index < -0.39 is 0 Å². The van der Waals surface area contributed by atoms with E-state index in [9.17, 15) is 0 Å². The fraction of sp³-hybridized carbons (Fsp3) is 0.467. The summed E-state index contributed by atoms with van der Waals surface area (Å²) in [6.07, 6.45) is 6.95. The highest BCUT2D eigenvalue weighted by Gasteiger charge is 2.05. The summed E-state index contributed by atoms with van der Waals surface area (Å²) in [6.45, 7) is 6.08. The number of terminal acetylenes is 1. The average Bonchev–Trinajstić information content (AvgIpc) is 2.38. The number of benzene rings is 1. The number of nitrogens with one attached hydrogen (secondary N) is 1. The van der Waals surface area contributed by atoms with Gasteiger partial charge in [-0.1, -0.05) is 0 Å². The highest BCUT2D eigenvalue weighted by atomic mass is 16.5. The summed E-state index contributed by atoms with van der Waals surface area (Å²) in [6, 6.07) is 5.81. The molecule has 0 fully saturated rings. The Labute approximate surface area is 109 Å². The minimum absolute atomic E-state index is 0.646. The van der Waals surface area contributed by atoms with Crippen LogP contribution in [0.25, 0.3) is 0 Å². The molecule has 0 aliphatic heterocycles. The molecule has 0 aromatic heterocycles. The van der Waals surface area contributed by atoms with Gasteiger partial charge in [-0.15, -0.1) is 12.3 Å². The van der Waals surface area contributed by atoms with Gasteiger partial charge >= 0.3 is 0 Å². The van der Waals surface area contributed by atoms with Crippen molar-refractivity contribution < 1.29 is 9.47 Å². The Morgan fingerprint density at radius 1 is 1.22 bits per heavy atom. The molecule has 98 valence electrons. The summed E-state index contributed by atoms with van der Waals surface area (Å²) in [4.78, 5) is 0. The van der Waals surface area contributed by atoms with Gasteiger partial charge in [0, 0.05) is 19.0 Å². The molecule has 0 amide bonds. The highest BCUT2D eigenvalue weighted by Crippen LogP contribution is 2.29. The molecule has 0 aliphatic carbocycles. The summed E-state index contributed by atoms with van der Waals surface area (Å²) in [7, 11) is 0. The summed E-state index contributed by atoms with van der Waals surface area (Å²) < 4.78 is 11.0. The number of unbranched alkanes of at least 4 members (excludes halogenated alkanes) is 1. The van der Waals surface area contributed by atoms with E-state index in [1.807, 2.05) is 32.0 Å². The average molecular weight is 247 g/mol. The van der Waals surface area contributed by atoms with E-state index in [-0.39, 0.29) is 0 Å². The number of hydrogen-bond donors (Lipinski definition) is 1. The SMILES string of the molecule is C#CCCCNc1cc(OCC)ccc1OCC. The van der Waals surface area contributed by atoms with Crippen molar-refractivity contribution in [2.75, 3.05) is 25.1 Å². The molecule has 1 aromatic carbocycles. The van der Waals surface area contributed by atoms with Crippen LogP contribution in [0.15, 0.2) is 18.2 Å². The quantitative estimate of drug-likeness (QED) is 0.564. The number of ether oxygens (including phenoxy) is 2. The summed E-state index contributed by atoms with van der Waals surface area (Å²) in [5.74, 6) is 4.33. The van der Waals surface area contributed by atoms with Gasteiger partial charge in [-0.2, -0.15) is 0 Å². The smallest absolute Gasteiger partial charge is 0.142 e. The number of anilines is 1. The second-order valence-electron chi connectivity index (χ2n) is 3.76. The largest absolute Gasteiger partial charge is 0.494 e. The fourth-order valence-corrected chi connectivity index (χ4v) is 1.60. The van der Waals surface area contributed by atoms with Crippen LogP contribution >= 0.6 is 0 Å². The summed E-state index contributed by atoms with van der Waals surface area (Å²) in [5.41, 5.74) is 0.958. The van der Waals surface area contributed by atoms with Crippen molar-refractivity contribution >= 4 is 5.69 Å². The Morgan fingerprint density at radius 2 is 2.00 bits per heavy atom. The highest BCUT2D eigenvalue weighted by molar-refractivity contribution is 5.59. The van der Waals surface area contributed by atoms with Crippen molar-refractivity contribution in [3.05, 3.63) is 18.2 Å². The van der Waals surface area contributed by atoms with E-state index in [1.165, 1.54) is 0 Å². The van der Waals surface area contributed by atoms with Crippen LogP contribution in [0.2, 0.25) is 0 Å². The third-order valence-corrected chi connectivity index (χ3v) is 2.38. The van der Waals surface area contributed by atoms with Crippen LogP contribution < -0.4 is 14.8 Å². The molecule has 18 heavy (non-hydrogen) atoms. The first-order valence-corrected chi connectivity index (χ1v) is 6.38. The predicted octanol–water partition coefficient (Wildman–Crippen LogP) is 3.31. The van der Waals surface area contributed by atoms with Crippen LogP contribution in [-0.2, 0) is 0 Å². The third kappa shape index (κ3) is 4.58. The van der Waals surface area contributed by atoms with Gasteiger partial charge in [0.2, 0.25) is 0 Å².